The molecular formula is C10H14N2O2. The Bertz CT molecular complexity index is 322. The van der Waals surface area contributed by atoms with Gasteiger partial charge >= 0.3 is 0 Å². The molecular weight excluding hydrogens is 180 g/mol. The summed E-state index contributed by atoms with van der Waals surface area (Å²) in [6.07, 6.45) is 6.95. The van der Waals surface area contributed by atoms with Gasteiger partial charge in [-0.15, -0.1) is 0 Å². The first-order valence-corrected chi connectivity index (χ1v) is 4.91. The molecule has 4 nitrogen and oxygen atoms in total. The standard InChI is InChI=1S/C10H14N2O2/c1-8-2-3-10(14-8)6-12-5-9(7-13)4-11-12/h4-5,7-8,10H,2-3,6H2,1H3. The SMILES string of the molecule is CC1CCC(Cn2cc(C=O)cn2)O1. The van der Waals surface area contributed by atoms with E-state index in [1.807, 2.05) is 0 Å². The molecule has 0 saturated carbocycles. The number of aromatic nitrogens is 2. The van der Waals surface area contributed by atoms with E-state index < -0.39 is 0 Å². The van der Waals surface area contributed by atoms with E-state index >= 15 is 0 Å². The van der Waals surface area contributed by atoms with Crippen molar-refractivity contribution in [3.05, 3.63) is 18.0 Å². The van der Waals surface area contributed by atoms with Crippen LogP contribution in [-0.2, 0) is 11.3 Å². The molecule has 0 spiro atoms. The molecule has 1 saturated heterocycles. The van der Waals surface area contributed by atoms with E-state index in [1.54, 1.807) is 17.1 Å². The van der Waals surface area contributed by atoms with Gasteiger partial charge in [-0.2, -0.15) is 5.10 Å². The zero-order valence-electron chi connectivity index (χ0n) is 8.22. The molecule has 0 aromatic carbocycles. The highest BCUT2D eigenvalue weighted by Crippen LogP contribution is 2.20. The second-order valence-electron chi connectivity index (χ2n) is 3.76. The fraction of sp³-hybridized carbons (Fsp3) is 0.600. The van der Waals surface area contributed by atoms with Crippen LogP contribution in [0.5, 0.6) is 0 Å². The number of rotatable bonds is 3. The second-order valence-corrected chi connectivity index (χ2v) is 3.76. The number of aldehydes is 1. The zero-order chi connectivity index (χ0) is 9.97. The second kappa shape index (κ2) is 3.92. The van der Waals surface area contributed by atoms with Crippen molar-refractivity contribution in [1.29, 1.82) is 0 Å². The molecule has 1 fully saturated rings. The molecule has 0 radical (unpaired) electrons. The Morgan fingerprint density at radius 2 is 2.57 bits per heavy atom. The number of hydrogen-bond acceptors (Lipinski definition) is 3. The lowest BCUT2D eigenvalue weighted by Gasteiger charge is -2.10. The average molecular weight is 194 g/mol. The summed E-state index contributed by atoms with van der Waals surface area (Å²) in [7, 11) is 0. The minimum Gasteiger partial charge on any atom is -0.373 e. The smallest absolute Gasteiger partial charge is 0.153 e. The number of hydrogen-bond donors (Lipinski definition) is 0. The molecule has 14 heavy (non-hydrogen) atoms. The zero-order valence-corrected chi connectivity index (χ0v) is 8.22. The monoisotopic (exact) mass is 194 g/mol. The summed E-state index contributed by atoms with van der Waals surface area (Å²) < 4.78 is 7.43. The predicted molar refractivity (Wildman–Crippen MR) is 51.2 cm³/mol. The van der Waals surface area contributed by atoms with Crippen molar-refractivity contribution in [2.24, 2.45) is 0 Å². The van der Waals surface area contributed by atoms with Crippen LogP contribution in [0.4, 0.5) is 0 Å². The molecule has 76 valence electrons. The molecule has 2 unspecified atom stereocenters. The Balaban J connectivity index is 1.93. The van der Waals surface area contributed by atoms with E-state index in [0.717, 1.165) is 25.7 Å². The summed E-state index contributed by atoms with van der Waals surface area (Å²) in [6, 6.07) is 0. The Kier molecular flexibility index (Phi) is 2.63. The Morgan fingerprint density at radius 1 is 1.71 bits per heavy atom. The highest BCUT2D eigenvalue weighted by atomic mass is 16.5. The summed E-state index contributed by atoms with van der Waals surface area (Å²) in [4.78, 5) is 10.4. The van der Waals surface area contributed by atoms with Crippen molar-refractivity contribution < 1.29 is 9.53 Å². The van der Waals surface area contributed by atoms with Gasteiger partial charge in [0.05, 0.1) is 30.5 Å². The van der Waals surface area contributed by atoms with Gasteiger partial charge in [0.1, 0.15) is 0 Å². The molecule has 0 amide bonds. The van der Waals surface area contributed by atoms with Crippen molar-refractivity contribution in [3.8, 4) is 0 Å². The van der Waals surface area contributed by atoms with Gasteiger partial charge in [0.25, 0.3) is 0 Å². The molecule has 0 N–H and O–H groups in total. The lowest BCUT2D eigenvalue weighted by molar-refractivity contribution is 0.0437. The molecule has 1 aliphatic rings. The summed E-state index contributed by atoms with van der Waals surface area (Å²) in [5.74, 6) is 0. The molecule has 0 bridgehead atoms. The maximum absolute atomic E-state index is 10.4. The van der Waals surface area contributed by atoms with Crippen LogP contribution in [0.15, 0.2) is 12.4 Å². The van der Waals surface area contributed by atoms with Gasteiger partial charge < -0.3 is 4.74 Å². The van der Waals surface area contributed by atoms with Crippen LogP contribution in [0.3, 0.4) is 0 Å². The number of carbonyl (C=O) groups is 1. The third-order valence-electron chi connectivity index (χ3n) is 2.50. The van der Waals surface area contributed by atoms with Crippen LogP contribution in [0.2, 0.25) is 0 Å². The fourth-order valence-electron chi connectivity index (χ4n) is 1.77. The van der Waals surface area contributed by atoms with Gasteiger partial charge in [0.2, 0.25) is 0 Å². The Labute approximate surface area is 82.9 Å². The highest BCUT2D eigenvalue weighted by molar-refractivity contribution is 5.73. The van der Waals surface area contributed by atoms with Gasteiger partial charge in [0.15, 0.2) is 6.29 Å². The Hall–Kier alpha value is -1.16. The van der Waals surface area contributed by atoms with E-state index in [-0.39, 0.29) is 6.10 Å². The van der Waals surface area contributed by atoms with Gasteiger partial charge in [-0.25, -0.2) is 0 Å². The molecule has 4 heteroatoms. The first-order valence-electron chi connectivity index (χ1n) is 4.91. The van der Waals surface area contributed by atoms with Crippen LogP contribution in [0.25, 0.3) is 0 Å². The van der Waals surface area contributed by atoms with E-state index in [4.69, 9.17) is 4.74 Å². The average Bonchev–Trinajstić information content (AvgIpc) is 2.76. The van der Waals surface area contributed by atoms with Crippen molar-refractivity contribution in [3.63, 3.8) is 0 Å². The maximum atomic E-state index is 10.4. The summed E-state index contributed by atoms with van der Waals surface area (Å²) in [5.41, 5.74) is 0.621. The summed E-state index contributed by atoms with van der Waals surface area (Å²) in [5, 5.41) is 4.08. The van der Waals surface area contributed by atoms with E-state index in [9.17, 15) is 4.79 Å². The maximum Gasteiger partial charge on any atom is 0.153 e. The van der Waals surface area contributed by atoms with Crippen molar-refractivity contribution in [1.82, 2.24) is 9.78 Å². The topological polar surface area (TPSA) is 44.1 Å². The molecule has 1 aromatic rings. The van der Waals surface area contributed by atoms with Crippen LogP contribution >= 0.6 is 0 Å². The molecule has 0 aliphatic carbocycles. The Morgan fingerprint density at radius 3 is 3.14 bits per heavy atom. The van der Waals surface area contributed by atoms with Gasteiger partial charge in [-0.1, -0.05) is 0 Å². The van der Waals surface area contributed by atoms with Gasteiger partial charge in [-0.05, 0) is 19.8 Å². The van der Waals surface area contributed by atoms with Gasteiger partial charge in [-0.3, -0.25) is 9.48 Å². The molecule has 2 rings (SSSR count). The van der Waals surface area contributed by atoms with Crippen LogP contribution < -0.4 is 0 Å². The van der Waals surface area contributed by atoms with Crippen LogP contribution in [0, 0.1) is 0 Å². The largest absolute Gasteiger partial charge is 0.373 e. The van der Waals surface area contributed by atoms with E-state index in [0.29, 0.717) is 11.7 Å². The third-order valence-corrected chi connectivity index (χ3v) is 2.50. The van der Waals surface area contributed by atoms with Crippen LogP contribution in [0.1, 0.15) is 30.1 Å². The van der Waals surface area contributed by atoms with Gasteiger partial charge in [0, 0.05) is 6.20 Å². The fourth-order valence-corrected chi connectivity index (χ4v) is 1.77. The summed E-state index contributed by atoms with van der Waals surface area (Å²) in [6.45, 7) is 2.83. The predicted octanol–water partition coefficient (Wildman–Crippen LogP) is 1.26. The van der Waals surface area contributed by atoms with E-state index in [1.165, 1.54) is 0 Å². The molecule has 1 aliphatic heterocycles. The normalized spacial score (nSPS) is 26.6. The minimum absolute atomic E-state index is 0.254. The van der Waals surface area contributed by atoms with Crippen molar-refractivity contribution >= 4 is 6.29 Å². The van der Waals surface area contributed by atoms with E-state index in [2.05, 4.69) is 12.0 Å². The summed E-state index contributed by atoms with van der Waals surface area (Å²) >= 11 is 0. The first-order chi connectivity index (χ1) is 6.78. The lowest BCUT2D eigenvalue weighted by Crippen LogP contribution is -2.16. The molecule has 2 heterocycles. The number of carbonyl (C=O) groups excluding carboxylic acids is 1. The first kappa shape index (κ1) is 9.40. The number of nitrogens with zero attached hydrogens (tertiary/aromatic N) is 2. The minimum atomic E-state index is 0.254. The van der Waals surface area contributed by atoms with Crippen molar-refractivity contribution in [2.45, 2.75) is 38.5 Å². The quantitative estimate of drug-likeness (QED) is 0.680. The molecule has 2 atom stereocenters. The highest BCUT2D eigenvalue weighted by Gasteiger charge is 2.22. The number of ether oxygens (including phenoxy) is 1. The molecule has 1 aromatic heterocycles. The van der Waals surface area contributed by atoms with Crippen LogP contribution in [-0.4, -0.2) is 28.3 Å². The van der Waals surface area contributed by atoms with Crippen molar-refractivity contribution in [2.75, 3.05) is 0 Å². The lowest BCUT2D eigenvalue weighted by atomic mass is 10.2. The third kappa shape index (κ3) is 2.01.